The number of amides is 1. The van der Waals surface area contributed by atoms with Crippen molar-refractivity contribution in [3.63, 3.8) is 0 Å². The molecule has 0 bridgehead atoms. The minimum atomic E-state index is -0.335. The van der Waals surface area contributed by atoms with Crippen molar-refractivity contribution in [3.05, 3.63) is 86.2 Å². The number of thioether (sulfide) groups is 1. The number of aryl methyl sites for hydroxylation is 1. The van der Waals surface area contributed by atoms with Gasteiger partial charge in [-0.05, 0) is 79.7 Å². The lowest BCUT2D eigenvalue weighted by molar-refractivity contribution is -0.115. The minimum Gasteiger partial charge on any atom is -0.316 e. The predicted octanol–water partition coefficient (Wildman–Crippen LogP) is 6.43. The fourth-order valence-corrected chi connectivity index (χ4v) is 4.44. The van der Waals surface area contributed by atoms with Crippen molar-refractivity contribution in [1.82, 2.24) is 9.88 Å². The topological polar surface area (TPSA) is 46.4 Å². The summed E-state index contributed by atoms with van der Waals surface area (Å²) < 4.78 is 15.1. The number of rotatable bonds is 3. The molecule has 4 nitrogen and oxygen atoms in total. The molecule has 1 saturated heterocycles. The van der Waals surface area contributed by atoms with Crippen molar-refractivity contribution >= 4 is 57.8 Å². The fraction of sp³-hybridized carbons (Fsp3) is 0.0909. The first kappa shape index (κ1) is 20.7. The van der Waals surface area contributed by atoms with Gasteiger partial charge in [-0.3, -0.25) is 4.79 Å². The maximum atomic E-state index is 13.1. The first-order chi connectivity index (χ1) is 14.3. The fourth-order valence-electron chi connectivity index (χ4n) is 3.22. The molecule has 0 saturated carbocycles. The second kappa shape index (κ2) is 8.30. The lowest BCUT2D eigenvalue weighted by atomic mass is 10.2. The number of benzene rings is 2. The molecule has 0 spiro atoms. The number of aromatic nitrogens is 1. The van der Waals surface area contributed by atoms with E-state index in [2.05, 4.69) is 10.3 Å². The van der Waals surface area contributed by atoms with Crippen LogP contribution in [0.25, 0.3) is 11.8 Å². The molecule has 1 aromatic heterocycles. The molecule has 0 aliphatic carbocycles. The molecule has 1 N–H and O–H groups in total. The zero-order chi connectivity index (χ0) is 21.4. The van der Waals surface area contributed by atoms with Crippen LogP contribution in [0.15, 0.2) is 58.4 Å². The van der Waals surface area contributed by atoms with Crippen LogP contribution in [0.1, 0.15) is 17.0 Å². The molecule has 2 heterocycles. The Morgan fingerprint density at radius 3 is 2.60 bits per heavy atom. The van der Waals surface area contributed by atoms with E-state index in [0.29, 0.717) is 25.8 Å². The van der Waals surface area contributed by atoms with Gasteiger partial charge in [-0.25, -0.2) is 9.38 Å². The van der Waals surface area contributed by atoms with Gasteiger partial charge in [0.1, 0.15) is 5.82 Å². The van der Waals surface area contributed by atoms with E-state index in [-0.39, 0.29) is 11.7 Å². The second-order valence-corrected chi connectivity index (χ2v) is 8.51. The van der Waals surface area contributed by atoms with Gasteiger partial charge in [-0.1, -0.05) is 29.3 Å². The van der Waals surface area contributed by atoms with Crippen LogP contribution in [0.3, 0.4) is 0 Å². The van der Waals surface area contributed by atoms with Crippen molar-refractivity contribution in [3.8, 4) is 5.69 Å². The van der Waals surface area contributed by atoms with Gasteiger partial charge < -0.3 is 9.88 Å². The molecule has 2 aromatic carbocycles. The third-order valence-corrected chi connectivity index (χ3v) is 6.36. The Morgan fingerprint density at radius 1 is 1.13 bits per heavy atom. The minimum absolute atomic E-state index is 0.230. The lowest BCUT2D eigenvalue weighted by Crippen LogP contribution is -2.19. The van der Waals surface area contributed by atoms with Crippen LogP contribution in [0, 0.1) is 19.7 Å². The summed E-state index contributed by atoms with van der Waals surface area (Å²) in [7, 11) is 0. The van der Waals surface area contributed by atoms with Crippen LogP contribution < -0.4 is 5.32 Å². The maximum absolute atomic E-state index is 13.1. The Bertz CT molecular complexity index is 1220. The Morgan fingerprint density at radius 2 is 1.87 bits per heavy atom. The van der Waals surface area contributed by atoms with Gasteiger partial charge in [0.25, 0.3) is 5.91 Å². The van der Waals surface area contributed by atoms with Crippen LogP contribution in [-0.2, 0) is 4.79 Å². The summed E-state index contributed by atoms with van der Waals surface area (Å²) in [6.07, 6.45) is 1.82. The van der Waals surface area contributed by atoms with E-state index in [9.17, 15) is 9.18 Å². The number of halogens is 3. The van der Waals surface area contributed by atoms with Crippen molar-refractivity contribution in [2.24, 2.45) is 4.99 Å². The van der Waals surface area contributed by atoms with E-state index < -0.39 is 0 Å². The molecule has 152 valence electrons. The molecule has 1 amide bonds. The first-order valence-corrected chi connectivity index (χ1v) is 10.6. The summed E-state index contributed by atoms with van der Waals surface area (Å²) in [6, 6.07) is 13.2. The number of aliphatic imine (C=N–C) groups is 1. The van der Waals surface area contributed by atoms with Gasteiger partial charge in [0.2, 0.25) is 0 Å². The Balaban J connectivity index is 1.66. The highest BCUT2D eigenvalue weighted by Gasteiger charge is 2.25. The van der Waals surface area contributed by atoms with Crippen LogP contribution >= 0.6 is 35.0 Å². The van der Waals surface area contributed by atoms with Gasteiger partial charge in [-0.15, -0.1) is 0 Å². The average Bonchev–Trinajstić information content (AvgIpc) is 3.18. The molecule has 1 fully saturated rings. The normalized spacial score (nSPS) is 16.5. The molecule has 4 rings (SSSR count). The Kier molecular flexibility index (Phi) is 5.73. The molecule has 30 heavy (non-hydrogen) atoms. The van der Waals surface area contributed by atoms with Gasteiger partial charge >= 0.3 is 0 Å². The van der Waals surface area contributed by atoms with Crippen molar-refractivity contribution in [1.29, 1.82) is 0 Å². The summed E-state index contributed by atoms with van der Waals surface area (Å²) >= 11 is 13.8. The van der Waals surface area contributed by atoms with Gasteiger partial charge in [-0.2, -0.15) is 0 Å². The quantitative estimate of drug-likeness (QED) is 0.458. The molecular weight excluding hydrogens is 444 g/mol. The standard InChI is InChI=1S/C22H16Cl2FN3OS/c1-12-10-14(13(2)28(12)18-5-3-4-17(23)20(18)24)11-19-21(29)27-22(30-19)26-16-8-6-15(25)7-9-16/h3-11H,1-2H3,(H,26,27,29)/b19-11+. The summed E-state index contributed by atoms with van der Waals surface area (Å²) in [5.74, 6) is -0.565. The number of hydrogen-bond acceptors (Lipinski definition) is 3. The number of nitrogens with one attached hydrogen (secondary N) is 1. The number of carbonyl (C=O) groups excluding carboxylic acids is 1. The molecule has 1 aliphatic heterocycles. The molecule has 0 unspecified atom stereocenters. The number of hydrogen-bond donors (Lipinski definition) is 1. The average molecular weight is 460 g/mol. The van der Waals surface area contributed by atoms with Gasteiger partial charge in [0.15, 0.2) is 5.17 Å². The monoisotopic (exact) mass is 459 g/mol. The molecular formula is C22H16Cl2FN3OS. The highest BCUT2D eigenvalue weighted by Crippen LogP contribution is 2.34. The zero-order valence-corrected chi connectivity index (χ0v) is 18.4. The first-order valence-electron chi connectivity index (χ1n) is 9.02. The summed E-state index contributed by atoms with van der Waals surface area (Å²) in [4.78, 5) is 17.3. The van der Waals surface area contributed by atoms with E-state index >= 15 is 0 Å². The van der Waals surface area contributed by atoms with E-state index in [1.54, 1.807) is 18.2 Å². The molecule has 0 atom stereocenters. The van der Waals surface area contributed by atoms with E-state index in [1.165, 1.54) is 23.9 Å². The van der Waals surface area contributed by atoms with Gasteiger partial charge in [0.05, 0.1) is 26.3 Å². The van der Waals surface area contributed by atoms with Crippen molar-refractivity contribution < 1.29 is 9.18 Å². The molecule has 8 heteroatoms. The summed E-state index contributed by atoms with van der Waals surface area (Å²) in [5.41, 5.74) is 4.14. The Labute approximate surface area is 187 Å². The van der Waals surface area contributed by atoms with Crippen LogP contribution in [0.5, 0.6) is 0 Å². The summed E-state index contributed by atoms with van der Waals surface area (Å²) in [5, 5.41) is 4.15. The molecule has 3 aromatic rings. The smallest absolute Gasteiger partial charge is 0.264 e. The Hall–Kier alpha value is -2.54. The van der Waals surface area contributed by atoms with Crippen molar-refractivity contribution in [2.75, 3.05) is 0 Å². The predicted molar refractivity (Wildman–Crippen MR) is 122 cm³/mol. The van der Waals surface area contributed by atoms with E-state index in [0.717, 1.165) is 22.6 Å². The van der Waals surface area contributed by atoms with Crippen LogP contribution in [-0.4, -0.2) is 15.6 Å². The number of nitrogens with zero attached hydrogens (tertiary/aromatic N) is 2. The van der Waals surface area contributed by atoms with Gasteiger partial charge in [0, 0.05) is 11.4 Å². The molecule has 0 radical (unpaired) electrons. The summed E-state index contributed by atoms with van der Waals surface area (Å²) in [6.45, 7) is 3.93. The molecule has 1 aliphatic rings. The third-order valence-electron chi connectivity index (χ3n) is 4.64. The maximum Gasteiger partial charge on any atom is 0.264 e. The zero-order valence-electron chi connectivity index (χ0n) is 16.0. The van der Waals surface area contributed by atoms with E-state index in [1.807, 2.05) is 42.7 Å². The number of amidine groups is 1. The second-order valence-electron chi connectivity index (χ2n) is 6.69. The van der Waals surface area contributed by atoms with Crippen molar-refractivity contribution in [2.45, 2.75) is 13.8 Å². The highest BCUT2D eigenvalue weighted by atomic mass is 35.5. The SMILES string of the molecule is Cc1cc(/C=C2/SC(=Nc3ccc(F)cc3)NC2=O)c(C)n1-c1cccc(Cl)c1Cl. The van der Waals surface area contributed by atoms with Crippen LogP contribution in [0.2, 0.25) is 10.0 Å². The third kappa shape index (κ3) is 4.03. The highest BCUT2D eigenvalue weighted by molar-refractivity contribution is 8.18. The van der Waals surface area contributed by atoms with Crippen LogP contribution in [0.4, 0.5) is 10.1 Å². The largest absolute Gasteiger partial charge is 0.316 e. The number of carbonyl (C=O) groups is 1. The lowest BCUT2D eigenvalue weighted by Gasteiger charge is -2.12. The van der Waals surface area contributed by atoms with E-state index in [4.69, 9.17) is 23.2 Å².